The van der Waals surface area contributed by atoms with Gasteiger partial charge in [-0.05, 0) is 116 Å². The topological polar surface area (TPSA) is 4.93 Å². The van der Waals surface area contributed by atoms with Crippen LogP contribution in [0, 0.1) is 6.92 Å². The van der Waals surface area contributed by atoms with Crippen LogP contribution in [0.15, 0.2) is 175 Å². The fourth-order valence-electron chi connectivity index (χ4n) is 11.1. The molecule has 1 heteroatoms. The average Bonchev–Trinajstić information content (AvgIpc) is 3.80. The molecular weight excluding hydrogens is 627 g/mol. The highest BCUT2D eigenvalue weighted by Crippen LogP contribution is 2.68. The molecule has 4 aliphatic rings. The summed E-state index contributed by atoms with van der Waals surface area (Å²) in [5, 5.41) is 2.60. The number of hydrogen-bond acceptors (Lipinski definition) is 0. The van der Waals surface area contributed by atoms with E-state index >= 15 is 0 Å². The summed E-state index contributed by atoms with van der Waals surface area (Å²) >= 11 is 0. The molecule has 244 valence electrons. The number of aryl methyl sites for hydroxylation is 1. The zero-order valence-corrected chi connectivity index (χ0v) is 29.0. The van der Waals surface area contributed by atoms with Crippen molar-refractivity contribution < 1.29 is 0 Å². The Morgan fingerprint density at radius 1 is 0.462 bits per heavy atom. The van der Waals surface area contributed by atoms with Gasteiger partial charge in [-0.25, -0.2) is 0 Å². The minimum Gasteiger partial charge on any atom is -0.309 e. The van der Waals surface area contributed by atoms with Gasteiger partial charge in [-0.3, -0.25) is 0 Å². The van der Waals surface area contributed by atoms with E-state index in [1.54, 1.807) is 5.57 Å². The molecular formula is C51H35N. The van der Waals surface area contributed by atoms with Gasteiger partial charge in [-0.2, -0.15) is 0 Å². The van der Waals surface area contributed by atoms with Crippen LogP contribution in [0.3, 0.4) is 0 Å². The molecule has 0 saturated carbocycles. The third-order valence-electron chi connectivity index (χ3n) is 12.9. The van der Waals surface area contributed by atoms with Gasteiger partial charge in [0.05, 0.1) is 21.9 Å². The van der Waals surface area contributed by atoms with Crippen molar-refractivity contribution in [2.24, 2.45) is 0 Å². The van der Waals surface area contributed by atoms with E-state index in [9.17, 15) is 0 Å². The van der Waals surface area contributed by atoms with Crippen molar-refractivity contribution >= 4 is 27.4 Å². The summed E-state index contributed by atoms with van der Waals surface area (Å²) in [6, 6.07) is 60.3. The molecule has 7 aromatic carbocycles. The van der Waals surface area contributed by atoms with Gasteiger partial charge in [-0.15, -0.1) is 0 Å². The maximum Gasteiger partial charge on any atom is 0.0720 e. The van der Waals surface area contributed by atoms with Crippen LogP contribution in [-0.2, 0) is 10.8 Å². The highest BCUT2D eigenvalue weighted by atomic mass is 15.0. The van der Waals surface area contributed by atoms with E-state index in [1.807, 2.05) is 0 Å². The summed E-state index contributed by atoms with van der Waals surface area (Å²) in [7, 11) is 0. The number of para-hydroxylation sites is 2. The third kappa shape index (κ3) is 3.19. The van der Waals surface area contributed by atoms with Crippen LogP contribution in [-0.4, -0.2) is 4.57 Å². The summed E-state index contributed by atoms with van der Waals surface area (Å²) < 4.78 is 2.53. The smallest absolute Gasteiger partial charge is 0.0720 e. The Morgan fingerprint density at radius 2 is 1.02 bits per heavy atom. The number of nitrogens with zero attached hydrogens (tertiary/aromatic N) is 1. The monoisotopic (exact) mass is 661 g/mol. The maximum atomic E-state index is 2.63. The SMILES string of the molecule is Cc1ccccc1-n1c2ccccc2c2cc3c(cc21)C1(c2ccccc2-c2ccccc21)c1ccccc1C31C2=C(C=CCC2)c2ccccc21. The standard InChI is InChI=1S/C51H35N/c1-32-16-2-14-28-47(32)52-48-29-15-7-21-37(48)38-30-45-46(31-49(38)52)51(41-24-10-5-19-35(41)36-20-6-11-25-42(36)51)44-27-13-12-26-43(44)50(45)39-22-8-3-17-33(39)34-18-4-9-23-40(34)50/h2-8,10-22,24-31H,9,23H2,1H3. The Balaban J connectivity index is 1.36. The number of benzene rings is 7. The number of rotatable bonds is 1. The van der Waals surface area contributed by atoms with Crippen LogP contribution in [0.4, 0.5) is 0 Å². The molecule has 12 rings (SSSR count). The van der Waals surface area contributed by atoms with E-state index in [-0.39, 0.29) is 0 Å². The van der Waals surface area contributed by atoms with Crippen LogP contribution in [0.1, 0.15) is 62.9 Å². The molecule has 0 amide bonds. The minimum atomic E-state index is -0.492. The van der Waals surface area contributed by atoms with Crippen molar-refractivity contribution in [2.75, 3.05) is 0 Å². The summed E-state index contributed by atoms with van der Waals surface area (Å²) in [6.45, 7) is 2.24. The lowest BCUT2D eigenvalue weighted by atomic mass is 9.51. The summed E-state index contributed by atoms with van der Waals surface area (Å²) in [6.07, 6.45) is 6.89. The largest absolute Gasteiger partial charge is 0.309 e. The Labute approximate surface area is 303 Å². The van der Waals surface area contributed by atoms with Gasteiger partial charge in [-0.1, -0.05) is 146 Å². The van der Waals surface area contributed by atoms with E-state index in [4.69, 9.17) is 0 Å². The molecule has 4 aliphatic carbocycles. The van der Waals surface area contributed by atoms with Gasteiger partial charge in [0.1, 0.15) is 0 Å². The maximum absolute atomic E-state index is 2.63. The van der Waals surface area contributed by atoms with Gasteiger partial charge >= 0.3 is 0 Å². The molecule has 1 aromatic heterocycles. The molecule has 0 N–H and O–H groups in total. The zero-order chi connectivity index (χ0) is 34.2. The second kappa shape index (κ2) is 9.99. The number of hydrogen-bond donors (Lipinski definition) is 0. The predicted molar refractivity (Wildman–Crippen MR) is 214 cm³/mol. The van der Waals surface area contributed by atoms with Crippen LogP contribution >= 0.6 is 0 Å². The predicted octanol–water partition coefficient (Wildman–Crippen LogP) is 12.2. The van der Waals surface area contributed by atoms with E-state index in [2.05, 4.69) is 181 Å². The van der Waals surface area contributed by atoms with Crippen LogP contribution in [0.5, 0.6) is 0 Å². The van der Waals surface area contributed by atoms with E-state index < -0.39 is 10.8 Å². The molecule has 0 saturated heterocycles. The normalized spacial score (nSPS) is 18.4. The lowest BCUT2D eigenvalue weighted by Crippen LogP contribution is -2.44. The Hall–Kier alpha value is -6.18. The third-order valence-corrected chi connectivity index (χ3v) is 12.9. The van der Waals surface area contributed by atoms with Crippen molar-refractivity contribution in [1.29, 1.82) is 0 Å². The molecule has 8 aromatic rings. The van der Waals surface area contributed by atoms with E-state index in [0.717, 1.165) is 12.8 Å². The second-order valence-corrected chi connectivity index (χ2v) is 15.1. The first-order valence-electron chi connectivity index (χ1n) is 18.7. The Bertz CT molecular complexity index is 2880. The summed E-state index contributed by atoms with van der Waals surface area (Å²) in [5.74, 6) is 0. The van der Waals surface area contributed by atoms with Crippen molar-refractivity contribution in [3.8, 4) is 16.8 Å². The van der Waals surface area contributed by atoms with Gasteiger partial charge in [0.2, 0.25) is 0 Å². The fraction of sp³-hybridized carbons (Fsp3) is 0.0980. The molecule has 1 atom stereocenters. The zero-order valence-electron chi connectivity index (χ0n) is 29.0. The molecule has 1 unspecified atom stereocenters. The van der Waals surface area contributed by atoms with Crippen LogP contribution in [0.2, 0.25) is 0 Å². The Kier molecular flexibility index (Phi) is 5.48. The molecule has 0 aliphatic heterocycles. The van der Waals surface area contributed by atoms with Crippen LogP contribution < -0.4 is 0 Å². The molecule has 2 spiro atoms. The van der Waals surface area contributed by atoms with Crippen LogP contribution in [0.25, 0.3) is 44.2 Å². The minimum absolute atomic E-state index is 0.416. The van der Waals surface area contributed by atoms with Gasteiger partial charge < -0.3 is 4.57 Å². The second-order valence-electron chi connectivity index (χ2n) is 15.1. The molecule has 0 bridgehead atoms. The molecule has 0 radical (unpaired) electrons. The van der Waals surface area contributed by atoms with Gasteiger partial charge in [0, 0.05) is 16.5 Å². The van der Waals surface area contributed by atoms with Crippen molar-refractivity contribution in [1.82, 2.24) is 4.57 Å². The first-order chi connectivity index (χ1) is 25.7. The number of fused-ring (bicyclic) bond motifs is 18. The molecule has 1 nitrogen and oxygen atoms in total. The highest BCUT2D eigenvalue weighted by molar-refractivity contribution is 6.11. The molecule has 1 heterocycles. The van der Waals surface area contributed by atoms with Crippen molar-refractivity contribution in [2.45, 2.75) is 30.6 Å². The summed E-state index contributed by atoms with van der Waals surface area (Å²) in [4.78, 5) is 0. The number of allylic oxidation sites excluding steroid dienone is 4. The quantitative estimate of drug-likeness (QED) is 0.165. The Morgan fingerprint density at radius 3 is 1.75 bits per heavy atom. The van der Waals surface area contributed by atoms with E-state index in [0.29, 0.717) is 0 Å². The van der Waals surface area contributed by atoms with Gasteiger partial charge in [0.15, 0.2) is 0 Å². The van der Waals surface area contributed by atoms with E-state index in [1.165, 1.54) is 94.3 Å². The summed E-state index contributed by atoms with van der Waals surface area (Å²) in [5.41, 5.74) is 20.9. The molecule has 0 fully saturated rings. The van der Waals surface area contributed by atoms with Crippen molar-refractivity contribution in [3.63, 3.8) is 0 Å². The number of aromatic nitrogens is 1. The lowest BCUT2D eigenvalue weighted by molar-refractivity contribution is 0.607. The molecule has 52 heavy (non-hydrogen) atoms. The fourth-order valence-corrected chi connectivity index (χ4v) is 11.1. The first-order valence-corrected chi connectivity index (χ1v) is 18.7. The lowest BCUT2D eigenvalue weighted by Gasteiger charge is -2.50. The van der Waals surface area contributed by atoms with Gasteiger partial charge in [0.25, 0.3) is 0 Å². The first kappa shape index (κ1) is 28.5. The highest BCUT2D eigenvalue weighted by Gasteiger charge is 2.59. The average molecular weight is 662 g/mol. The van der Waals surface area contributed by atoms with Crippen molar-refractivity contribution in [3.05, 3.63) is 226 Å².